The van der Waals surface area contributed by atoms with Crippen LogP contribution in [0.15, 0.2) is 18.2 Å². The van der Waals surface area contributed by atoms with Crippen LogP contribution in [0.5, 0.6) is 0 Å². The third-order valence-electron chi connectivity index (χ3n) is 2.72. The van der Waals surface area contributed by atoms with Crippen molar-refractivity contribution in [2.45, 2.75) is 33.2 Å². The van der Waals surface area contributed by atoms with Gasteiger partial charge in [-0.05, 0) is 45.4 Å². The summed E-state index contributed by atoms with van der Waals surface area (Å²) in [4.78, 5) is 23.9. The molecule has 112 valence electrons. The van der Waals surface area contributed by atoms with Crippen molar-refractivity contribution < 1.29 is 14.3 Å². The molecule has 0 saturated heterocycles. The van der Waals surface area contributed by atoms with E-state index in [0.29, 0.717) is 11.3 Å². The molecule has 0 bridgehead atoms. The smallest absolute Gasteiger partial charge is 0.331 e. The van der Waals surface area contributed by atoms with Crippen LogP contribution in [0, 0.1) is 6.92 Å². The molecule has 0 aliphatic heterocycles. The second-order valence-corrected chi connectivity index (χ2v) is 4.87. The van der Waals surface area contributed by atoms with E-state index < -0.39 is 11.5 Å². The van der Waals surface area contributed by atoms with Crippen molar-refractivity contribution in [3.8, 4) is 0 Å². The number of halogens is 1. The van der Waals surface area contributed by atoms with Gasteiger partial charge in [0.1, 0.15) is 5.54 Å². The first-order chi connectivity index (χ1) is 8.77. The Bertz CT molecular complexity index is 501. The molecule has 5 nitrogen and oxygen atoms in total. The van der Waals surface area contributed by atoms with Crippen LogP contribution >= 0.6 is 12.4 Å². The third-order valence-corrected chi connectivity index (χ3v) is 2.72. The predicted molar refractivity (Wildman–Crippen MR) is 81.0 cm³/mol. The van der Waals surface area contributed by atoms with E-state index in [0.717, 1.165) is 5.56 Å². The normalized spacial score (nSPS) is 10.4. The number of aryl methyl sites for hydroxylation is 1. The quantitative estimate of drug-likeness (QED) is 0.659. The molecular formula is C14H21ClN2O3. The number of carbonyl (C=O) groups excluding carboxylic acids is 2. The van der Waals surface area contributed by atoms with Crippen LogP contribution < -0.4 is 11.1 Å². The van der Waals surface area contributed by atoms with Gasteiger partial charge in [-0.2, -0.15) is 0 Å². The highest BCUT2D eigenvalue weighted by atomic mass is 35.5. The Labute approximate surface area is 125 Å². The Morgan fingerprint density at radius 2 is 1.95 bits per heavy atom. The Morgan fingerprint density at radius 3 is 2.50 bits per heavy atom. The molecular weight excluding hydrogens is 280 g/mol. The van der Waals surface area contributed by atoms with Gasteiger partial charge in [-0.1, -0.05) is 6.07 Å². The Morgan fingerprint density at radius 1 is 1.35 bits per heavy atom. The number of anilines is 1. The van der Waals surface area contributed by atoms with Gasteiger partial charge in [0.15, 0.2) is 0 Å². The van der Waals surface area contributed by atoms with Gasteiger partial charge >= 0.3 is 5.97 Å². The maximum absolute atomic E-state index is 12.2. The monoisotopic (exact) mass is 300 g/mol. The molecule has 3 N–H and O–H groups in total. The lowest BCUT2D eigenvalue weighted by molar-refractivity contribution is -0.149. The number of nitrogen functional groups attached to an aromatic ring is 1. The third kappa shape index (κ3) is 4.42. The lowest BCUT2D eigenvalue weighted by atomic mass is 10.0. The molecule has 0 spiro atoms. The highest BCUT2D eigenvalue weighted by Gasteiger charge is 2.31. The number of esters is 1. The molecule has 6 heteroatoms. The maximum Gasteiger partial charge on any atom is 0.331 e. The number of hydrogen-bond acceptors (Lipinski definition) is 4. The Balaban J connectivity index is 0.00000361. The largest absolute Gasteiger partial charge is 0.464 e. The van der Waals surface area contributed by atoms with E-state index in [2.05, 4.69) is 5.32 Å². The fourth-order valence-corrected chi connectivity index (χ4v) is 1.60. The van der Waals surface area contributed by atoms with Crippen LogP contribution in [0.4, 0.5) is 5.69 Å². The van der Waals surface area contributed by atoms with E-state index in [1.165, 1.54) is 0 Å². The Hall–Kier alpha value is -1.75. The molecule has 0 saturated carbocycles. The van der Waals surface area contributed by atoms with Crippen molar-refractivity contribution in [3.63, 3.8) is 0 Å². The first kappa shape index (κ1) is 18.2. The molecule has 0 unspecified atom stereocenters. The van der Waals surface area contributed by atoms with Gasteiger partial charge in [0.25, 0.3) is 5.91 Å². The van der Waals surface area contributed by atoms with Gasteiger partial charge in [-0.3, -0.25) is 4.79 Å². The van der Waals surface area contributed by atoms with Crippen LogP contribution in [0.1, 0.15) is 36.7 Å². The van der Waals surface area contributed by atoms with Crippen molar-refractivity contribution in [3.05, 3.63) is 29.3 Å². The van der Waals surface area contributed by atoms with Crippen molar-refractivity contribution in [2.75, 3.05) is 12.3 Å². The van der Waals surface area contributed by atoms with Crippen LogP contribution in [0.25, 0.3) is 0 Å². The molecule has 0 aliphatic carbocycles. The lowest BCUT2D eigenvalue weighted by Crippen LogP contribution is -2.50. The van der Waals surface area contributed by atoms with Crippen LogP contribution in [-0.4, -0.2) is 24.0 Å². The van der Waals surface area contributed by atoms with Gasteiger partial charge in [0.2, 0.25) is 0 Å². The first-order valence-electron chi connectivity index (χ1n) is 6.13. The van der Waals surface area contributed by atoms with E-state index in [-0.39, 0.29) is 24.9 Å². The highest BCUT2D eigenvalue weighted by molar-refractivity contribution is 5.99. The standard InChI is InChI=1S/C14H20N2O3.ClH/c1-5-19-13(18)14(3,4)16-12(17)11-8-10(15)7-6-9(11)2;/h6-8H,5,15H2,1-4H3,(H,16,17);1H. The van der Waals surface area contributed by atoms with Crippen LogP contribution in [0.3, 0.4) is 0 Å². The number of carbonyl (C=O) groups is 2. The highest BCUT2D eigenvalue weighted by Crippen LogP contribution is 2.14. The SMILES string of the molecule is CCOC(=O)C(C)(C)NC(=O)c1cc(N)ccc1C.Cl. The summed E-state index contributed by atoms with van der Waals surface area (Å²) < 4.78 is 4.92. The summed E-state index contributed by atoms with van der Waals surface area (Å²) in [6, 6.07) is 5.08. The molecule has 1 aromatic carbocycles. The molecule has 0 atom stereocenters. The molecule has 0 aliphatic rings. The molecule has 0 fully saturated rings. The van der Waals surface area contributed by atoms with Gasteiger partial charge < -0.3 is 15.8 Å². The summed E-state index contributed by atoms with van der Waals surface area (Å²) in [6.07, 6.45) is 0. The zero-order chi connectivity index (χ0) is 14.6. The van der Waals surface area contributed by atoms with E-state index in [4.69, 9.17) is 10.5 Å². The number of rotatable bonds is 4. The minimum Gasteiger partial charge on any atom is -0.464 e. The van der Waals surface area contributed by atoms with Crippen molar-refractivity contribution in [2.24, 2.45) is 0 Å². The van der Waals surface area contributed by atoms with Gasteiger partial charge in [-0.15, -0.1) is 12.4 Å². The van der Waals surface area contributed by atoms with Crippen LogP contribution in [-0.2, 0) is 9.53 Å². The lowest BCUT2D eigenvalue weighted by Gasteiger charge is -2.24. The fraction of sp³-hybridized carbons (Fsp3) is 0.429. The molecule has 1 rings (SSSR count). The van der Waals surface area contributed by atoms with Gasteiger partial charge in [0, 0.05) is 11.3 Å². The first-order valence-corrected chi connectivity index (χ1v) is 6.13. The summed E-state index contributed by atoms with van der Waals surface area (Å²) >= 11 is 0. The molecule has 1 aromatic rings. The summed E-state index contributed by atoms with van der Waals surface area (Å²) in [6.45, 7) is 7.01. The molecule has 0 radical (unpaired) electrons. The second kappa shape index (κ2) is 7.14. The predicted octanol–water partition coefficient (Wildman–Crippen LogP) is 2.07. The average molecular weight is 301 g/mol. The molecule has 0 heterocycles. The van der Waals surface area contributed by atoms with E-state index >= 15 is 0 Å². The van der Waals surface area contributed by atoms with Crippen molar-refractivity contribution in [1.82, 2.24) is 5.32 Å². The summed E-state index contributed by atoms with van der Waals surface area (Å²) in [5, 5.41) is 2.66. The van der Waals surface area contributed by atoms with E-state index in [1.807, 2.05) is 6.92 Å². The van der Waals surface area contributed by atoms with E-state index in [9.17, 15) is 9.59 Å². The fourth-order valence-electron chi connectivity index (χ4n) is 1.60. The minimum atomic E-state index is -1.08. The maximum atomic E-state index is 12.2. The number of nitrogens with one attached hydrogen (secondary N) is 1. The number of ether oxygens (including phenoxy) is 1. The molecule has 1 amide bonds. The molecule has 20 heavy (non-hydrogen) atoms. The van der Waals surface area contributed by atoms with Crippen LogP contribution in [0.2, 0.25) is 0 Å². The second-order valence-electron chi connectivity index (χ2n) is 4.87. The number of amides is 1. The summed E-state index contributed by atoms with van der Waals surface area (Å²) in [7, 11) is 0. The zero-order valence-corrected chi connectivity index (χ0v) is 13.0. The van der Waals surface area contributed by atoms with Gasteiger partial charge in [0.05, 0.1) is 6.61 Å². The topological polar surface area (TPSA) is 81.4 Å². The molecule has 0 aromatic heterocycles. The van der Waals surface area contributed by atoms with Crippen molar-refractivity contribution >= 4 is 30.0 Å². The van der Waals surface area contributed by atoms with Gasteiger partial charge in [-0.25, -0.2) is 4.79 Å². The minimum absolute atomic E-state index is 0. The van der Waals surface area contributed by atoms with E-state index in [1.54, 1.807) is 39.0 Å². The number of nitrogens with two attached hydrogens (primary N) is 1. The summed E-state index contributed by atoms with van der Waals surface area (Å²) in [5.41, 5.74) is 6.34. The zero-order valence-electron chi connectivity index (χ0n) is 12.1. The summed E-state index contributed by atoms with van der Waals surface area (Å²) in [5.74, 6) is -0.812. The number of hydrogen-bond donors (Lipinski definition) is 2. The van der Waals surface area contributed by atoms with Crippen molar-refractivity contribution in [1.29, 1.82) is 0 Å². The average Bonchev–Trinajstić information content (AvgIpc) is 2.32. The number of benzene rings is 1. The Kier molecular flexibility index (Phi) is 6.52.